The van der Waals surface area contributed by atoms with Crippen molar-refractivity contribution in [1.82, 2.24) is 20.4 Å². The number of carbonyl (C=O) groups is 5. The van der Waals surface area contributed by atoms with Crippen molar-refractivity contribution < 1.29 is 28.7 Å². The number of likely N-dealkylation sites (tertiary alicyclic amines) is 2. The highest BCUT2D eigenvalue weighted by Gasteiger charge is 2.53. The largest absolute Gasteiger partial charge is 0.444 e. The number of rotatable bonds is 13. The Morgan fingerprint density at radius 3 is 2.35 bits per heavy atom. The number of alkyl carbamates (subject to hydrolysis) is 1. The molecule has 0 radical (unpaired) electrons. The Bertz CT molecular complexity index is 1160. The van der Waals surface area contributed by atoms with Gasteiger partial charge in [0.1, 0.15) is 29.8 Å². The first kappa shape index (κ1) is 34.2. The third-order valence-corrected chi connectivity index (χ3v) is 8.33. The summed E-state index contributed by atoms with van der Waals surface area (Å²) in [4.78, 5) is 69.3. The van der Waals surface area contributed by atoms with Crippen LogP contribution in [0.1, 0.15) is 59.4 Å². The van der Waals surface area contributed by atoms with E-state index in [1.807, 2.05) is 50.4 Å². The average molecular weight is 618 g/mol. The zero-order valence-corrected chi connectivity index (χ0v) is 26.9. The number of ether oxygens (including phenoxy) is 1. The number of primary amides is 1. The van der Waals surface area contributed by atoms with Gasteiger partial charge in [-0.05, 0) is 63.5 Å². The van der Waals surface area contributed by atoms with Crippen LogP contribution in [0.15, 0.2) is 30.3 Å². The van der Waals surface area contributed by atoms with Crippen LogP contribution in [0.4, 0.5) is 4.79 Å². The molecular formula is C31H47N5O6S. The van der Waals surface area contributed by atoms with Gasteiger partial charge in [-0.15, -0.1) is 0 Å². The van der Waals surface area contributed by atoms with Gasteiger partial charge >= 0.3 is 6.09 Å². The van der Waals surface area contributed by atoms with Gasteiger partial charge in [-0.2, -0.15) is 11.8 Å². The molecule has 11 nitrogen and oxygen atoms in total. The van der Waals surface area contributed by atoms with Gasteiger partial charge in [0, 0.05) is 25.4 Å². The minimum atomic E-state index is -0.944. The molecule has 3 rings (SSSR count). The van der Waals surface area contributed by atoms with Crippen molar-refractivity contribution in [1.29, 1.82) is 0 Å². The number of nitrogens with zero attached hydrogens (tertiary/aromatic N) is 2. The lowest BCUT2D eigenvalue weighted by atomic mass is 10.0. The van der Waals surface area contributed by atoms with Gasteiger partial charge in [0.2, 0.25) is 23.6 Å². The fourth-order valence-corrected chi connectivity index (χ4v) is 6.21. The van der Waals surface area contributed by atoms with E-state index < -0.39 is 47.7 Å². The average Bonchev–Trinajstić information content (AvgIpc) is 3.48. The number of nitrogens with two attached hydrogens (primary N) is 1. The molecule has 2 heterocycles. The maximum atomic E-state index is 14.0. The summed E-state index contributed by atoms with van der Waals surface area (Å²) in [6.07, 6.45) is 2.81. The van der Waals surface area contributed by atoms with Crippen LogP contribution in [0.3, 0.4) is 0 Å². The minimum absolute atomic E-state index is 0.0910. The van der Waals surface area contributed by atoms with E-state index >= 15 is 0 Å². The summed E-state index contributed by atoms with van der Waals surface area (Å²) in [7, 11) is 0. The monoisotopic (exact) mass is 617 g/mol. The lowest BCUT2D eigenvalue weighted by molar-refractivity contribution is -0.145. The molecule has 0 bridgehead atoms. The maximum absolute atomic E-state index is 14.0. The molecule has 2 aliphatic rings. The Morgan fingerprint density at radius 2 is 1.77 bits per heavy atom. The topological polar surface area (TPSA) is 151 Å². The standard InChI is InChI=1S/C31H47N5O6S/c1-19(2)16-24(27(38)33-22(26(32)37)13-15-43-6)36-18-21-12-14-35(25(21)29(36)40)28(39)23(17-20-10-8-7-9-11-20)34-30(41)42-31(3,4)5/h7-11,19,21-25H,12-18H2,1-6H3,(H2,32,37)(H,33,38)(H,34,41)/t21-,22+,23+,24+,25-/m1/s1. The molecule has 5 atom stereocenters. The van der Waals surface area contributed by atoms with Crippen LogP contribution in [0.25, 0.3) is 0 Å². The third-order valence-electron chi connectivity index (χ3n) is 7.69. The predicted octanol–water partition coefficient (Wildman–Crippen LogP) is 2.32. The van der Waals surface area contributed by atoms with E-state index in [0.29, 0.717) is 38.1 Å². The summed E-state index contributed by atoms with van der Waals surface area (Å²) in [6.45, 7) is 9.86. The van der Waals surface area contributed by atoms with Crippen molar-refractivity contribution in [3.63, 3.8) is 0 Å². The highest BCUT2D eigenvalue weighted by Crippen LogP contribution is 2.35. The van der Waals surface area contributed by atoms with Crippen molar-refractivity contribution in [2.24, 2.45) is 17.6 Å². The zero-order chi connectivity index (χ0) is 31.9. The molecule has 1 aromatic rings. The van der Waals surface area contributed by atoms with Gasteiger partial charge in [-0.1, -0.05) is 44.2 Å². The van der Waals surface area contributed by atoms with E-state index in [4.69, 9.17) is 10.5 Å². The van der Waals surface area contributed by atoms with Crippen LogP contribution in [-0.2, 0) is 30.3 Å². The zero-order valence-electron chi connectivity index (χ0n) is 26.1. The van der Waals surface area contributed by atoms with Crippen LogP contribution in [-0.4, -0.2) is 94.4 Å². The normalized spacial score (nSPS) is 20.4. The molecule has 2 aliphatic heterocycles. The fourth-order valence-electron chi connectivity index (χ4n) is 5.73. The van der Waals surface area contributed by atoms with Gasteiger partial charge in [-0.3, -0.25) is 19.2 Å². The summed E-state index contributed by atoms with van der Waals surface area (Å²) in [5.41, 5.74) is 5.66. The molecule has 4 N–H and O–H groups in total. The number of hydrogen-bond acceptors (Lipinski definition) is 7. The highest BCUT2D eigenvalue weighted by atomic mass is 32.2. The Kier molecular flexibility index (Phi) is 11.9. The van der Waals surface area contributed by atoms with Crippen molar-refractivity contribution >= 4 is 41.5 Å². The first-order valence-corrected chi connectivity index (χ1v) is 16.3. The number of fused-ring (bicyclic) bond motifs is 1. The second-order valence-electron chi connectivity index (χ2n) is 12.8. The van der Waals surface area contributed by atoms with Crippen LogP contribution in [0.5, 0.6) is 0 Å². The quantitative estimate of drug-likeness (QED) is 0.307. The van der Waals surface area contributed by atoms with E-state index in [1.165, 1.54) is 0 Å². The molecule has 2 saturated heterocycles. The maximum Gasteiger partial charge on any atom is 0.408 e. The number of benzene rings is 1. The van der Waals surface area contributed by atoms with E-state index in [1.54, 1.807) is 42.3 Å². The smallest absolute Gasteiger partial charge is 0.408 e. The molecule has 12 heteroatoms. The summed E-state index contributed by atoms with van der Waals surface area (Å²) in [6, 6.07) is 6.03. The second kappa shape index (κ2) is 14.9. The van der Waals surface area contributed by atoms with Crippen LogP contribution in [0.2, 0.25) is 0 Å². The van der Waals surface area contributed by atoms with Gasteiger partial charge in [0.15, 0.2) is 0 Å². The third kappa shape index (κ3) is 9.35. The molecule has 0 aromatic heterocycles. The Balaban J connectivity index is 1.82. The Hall–Kier alpha value is -3.28. The van der Waals surface area contributed by atoms with E-state index in [9.17, 15) is 24.0 Å². The van der Waals surface area contributed by atoms with Gasteiger partial charge < -0.3 is 30.9 Å². The minimum Gasteiger partial charge on any atom is -0.444 e. The molecule has 238 valence electrons. The van der Waals surface area contributed by atoms with Crippen molar-refractivity contribution in [3.8, 4) is 0 Å². The van der Waals surface area contributed by atoms with Crippen molar-refractivity contribution in [2.75, 3.05) is 25.1 Å². The van der Waals surface area contributed by atoms with Gasteiger partial charge in [0.05, 0.1) is 0 Å². The molecule has 0 aliphatic carbocycles. The van der Waals surface area contributed by atoms with Gasteiger partial charge in [0.25, 0.3) is 0 Å². The highest BCUT2D eigenvalue weighted by molar-refractivity contribution is 7.98. The molecule has 5 amide bonds. The van der Waals surface area contributed by atoms with Gasteiger partial charge in [-0.25, -0.2) is 4.79 Å². The fraction of sp³-hybridized carbons (Fsp3) is 0.645. The lowest BCUT2D eigenvalue weighted by Crippen LogP contribution is -2.56. The van der Waals surface area contributed by atoms with Crippen LogP contribution in [0, 0.1) is 11.8 Å². The summed E-state index contributed by atoms with van der Waals surface area (Å²) in [5, 5.41) is 5.51. The summed E-state index contributed by atoms with van der Waals surface area (Å²) in [5.74, 6) is -1.12. The SMILES string of the molecule is CSCC[C@H](NC(=O)[C@H](CC(C)C)N1C[C@H]2CCN(C(=O)[C@H](Cc3ccccc3)NC(=O)OC(C)(C)C)[C@H]2C1=O)C(N)=O. The van der Waals surface area contributed by atoms with Crippen LogP contribution < -0.4 is 16.4 Å². The Morgan fingerprint density at radius 1 is 1.09 bits per heavy atom. The van der Waals surface area contributed by atoms with E-state index in [-0.39, 0.29) is 30.1 Å². The second-order valence-corrected chi connectivity index (χ2v) is 13.8. The molecule has 0 unspecified atom stereocenters. The molecular weight excluding hydrogens is 570 g/mol. The predicted molar refractivity (Wildman–Crippen MR) is 166 cm³/mol. The molecule has 43 heavy (non-hydrogen) atoms. The Labute approximate surface area is 259 Å². The van der Waals surface area contributed by atoms with E-state index in [2.05, 4.69) is 10.6 Å². The van der Waals surface area contributed by atoms with Crippen molar-refractivity contribution in [2.45, 2.75) is 90.1 Å². The summed E-state index contributed by atoms with van der Waals surface area (Å²) >= 11 is 1.55. The molecule has 0 saturated carbocycles. The first-order chi connectivity index (χ1) is 20.2. The molecule has 0 spiro atoms. The summed E-state index contributed by atoms with van der Waals surface area (Å²) < 4.78 is 5.44. The number of carbonyl (C=O) groups excluding carboxylic acids is 5. The number of amides is 5. The molecule has 2 fully saturated rings. The van der Waals surface area contributed by atoms with Crippen LogP contribution >= 0.6 is 11.8 Å². The van der Waals surface area contributed by atoms with E-state index in [0.717, 1.165) is 5.56 Å². The number of hydrogen-bond donors (Lipinski definition) is 3. The first-order valence-electron chi connectivity index (χ1n) is 14.9. The number of nitrogens with one attached hydrogen (secondary N) is 2. The lowest BCUT2D eigenvalue weighted by Gasteiger charge is -2.32. The molecule has 1 aromatic carbocycles. The van der Waals surface area contributed by atoms with Crippen molar-refractivity contribution in [3.05, 3.63) is 35.9 Å². The number of thioether (sulfide) groups is 1.